The van der Waals surface area contributed by atoms with Crippen molar-refractivity contribution in [2.24, 2.45) is 0 Å². The van der Waals surface area contributed by atoms with Crippen molar-refractivity contribution < 1.29 is 28.8 Å². The van der Waals surface area contributed by atoms with Crippen LogP contribution in [0.5, 0.6) is 0 Å². The Morgan fingerprint density at radius 2 is 1.56 bits per heavy atom. The summed E-state index contributed by atoms with van der Waals surface area (Å²) in [6.07, 6.45) is 5.01. The lowest BCUT2D eigenvalue weighted by Gasteiger charge is -2.38. The number of aromatic nitrogens is 1. The highest BCUT2D eigenvalue weighted by molar-refractivity contribution is 6.23. The lowest BCUT2D eigenvalue weighted by Crippen LogP contribution is -2.54. The number of piperidine rings is 1. The molecule has 3 aromatic carbocycles. The Morgan fingerprint density at radius 3 is 2.26 bits per heavy atom. The molecule has 2 saturated heterocycles. The predicted octanol–water partition coefficient (Wildman–Crippen LogP) is 4.60. The maximum absolute atomic E-state index is 13.9. The number of nitriles is 1. The van der Waals surface area contributed by atoms with Crippen LogP contribution in [0.1, 0.15) is 70.4 Å². The van der Waals surface area contributed by atoms with Gasteiger partial charge < -0.3 is 25.8 Å². The summed E-state index contributed by atoms with van der Waals surface area (Å²) in [5, 5.41) is 18.8. The van der Waals surface area contributed by atoms with Crippen LogP contribution in [0.15, 0.2) is 91.1 Å². The molecule has 4 aliphatic rings. The van der Waals surface area contributed by atoms with Gasteiger partial charge in [0.05, 0.1) is 23.2 Å². The number of fused-ring (bicyclic) bond motifs is 1. The van der Waals surface area contributed by atoms with Crippen LogP contribution in [0.4, 0.5) is 27.7 Å². The number of pyridine rings is 1. The summed E-state index contributed by atoms with van der Waals surface area (Å²) in [6, 6.07) is 27.2. The molecule has 16 nitrogen and oxygen atoms in total. The number of likely N-dealkylation sites (tertiary alicyclic amines) is 1. The van der Waals surface area contributed by atoms with E-state index in [1.165, 1.54) is 19.2 Å². The Balaban J connectivity index is 0.854. The molecular formula is C46H48N10O6. The molecule has 3 aliphatic heterocycles. The first kappa shape index (κ1) is 41.5. The summed E-state index contributed by atoms with van der Waals surface area (Å²) in [4.78, 5) is 90.7. The maximum atomic E-state index is 13.9. The zero-order chi connectivity index (χ0) is 43.3. The fourth-order valence-electron chi connectivity index (χ4n) is 8.70. The van der Waals surface area contributed by atoms with Crippen molar-refractivity contribution in [1.82, 2.24) is 25.0 Å². The molecule has 1 aliphatic carbocycles. The molecule has 4 aromatic rings. The number of carbonyl (C=O) groups is 6. The summed E-state index contributed by atoms with van der Waals surface area (Å²) in [5.74, 6) is -1.48. The van der Waals surface area contributed by atoms with Crippen molar-refractivity contribution in [2.75, 3.05) is 60.2 Å². The van der Waals surface area contributed by atoms with Gasteiger partial charge in [0.2, 0.25) is 11.8 Å². The Morgan fingerprint density at radius 1 is 0.839 bits per heavy atom. The smallest absolute Gasteiger partial charge is 0.322 e. The van der Waals surface area contributed by atoms with Gasteiger partial charge in [-0.2, -0.15) is 5.26 Å². The predicted molar refractivity (Wildman–Crippen MR) is 231 cm³/mol. The van der Waals surface area contributed by atoms with E-state index in [4.69, 9.17) is 5.26 Å². The van der Waals surface area contributed by atoms with Gasteiger partial charge in [-0.15, -0.1) is 0 Å². The zero-order valence-corrected chi connectivity index (χ0v) is 34.5. The summed E-state index contributed by atoms with van der Waals surface area (Å²) in [5.41, 5.74) is 4.14. The van der Waals surface area contributed by atoms with Gasteiger partial charge in [0.1, 0.15) is 17.9 Å². The standard InChI is InChI=1S/C46H48N10O6/c1-52-41(57)20-18-39(45(52)61)56-43(59)37-17-10-33(25-38(37)44(56)60)48-29-42(58)54-23-21-53(22-24-54)34-13-15-36(16-14-34)55(46(62)50-27-30-5-3-2-4-6-30)35-11-8-32(9-12-35)51-40-19-7-31(26-47)28-49-40/h2-7,10,13-17,19,25,28,32,35,39,48H,8-9,11-12,18,20-24,27,29H2,1H3,(H,49,51)(H,50,62). The number of nitrogens with zero attached hydrogens (tertiary/aromatic N) is 7. The van der Waals surface area contributed by atoms with Gasteiger partial charge in [-0.3, -0.25) is 38.7 Å². The van der Waals surface area contributed by atoms with Crippen LogP contribution in [-0.4, -0.2) is 113 Å². The molecule has 1 aromatic heterocycles. The monoisotopic (exact) mass is 836 g/mol. The summed E-state index contributed by atoms with van der Waals surface area (Å²) < 4.78 is 0. The number of carbonyl (C=O) groups excluding carboxylic acids is 6. The van der Waals surface area contributed by atoms with Crippen LogP contribution in [0.2, 0.25) is 0 Å². The lowest BCUT2D eigenvalue weighted by molar-refractivity contribution is -0.149. The van der Waals surface area contributed by atoms with Crippen molar-refractivity contribution >= 4 is 58.4 Å². The van der Waals surface area contributed by atoms with Gasteiger partial charge >= 0.3 is 6.03 Å². The van der Waals surface area contributed by atoms with Crippen molar-refractivity contribution in [2.45, 2.75) is 63.2 Å². The van der Waals surface area contributed by atoms with Gasteiger partial charge in [0, 0.05) is 81.5 Å². The quantitative estimate of drug-likeness (QED) is 0.179. The normalized spacial score (nSPS) is 20.1. The number of piperazine rings is 1. The van der Waals surface area contributed by atoms with Crippen LogP contribution < -0.4 is 25.8 Å². The summed E-state index contributed by atoms with van der Waals surface area (Å²) in [7, 11) is 1.35. The number of amides is 7. The van der Waals surface area contributed by atoms with E-state index in [0.717, 1.165) is 58.2 Å². The van der Waals surface area contributed by atoms with Crippen LogP contribution in [0.3, 0.4) is 0 Å². The molecule has 0 radical (unpaired) electrons. The van der Waals surface area contributed by atoms with Gasteiger partial charge in [0.15, 0.2) is 0 Å². The number of likely N-dealkylation sites (N-methyl/N-ethyl adjacent to an activating group) is 1. The summed E-state index contributed by atoms with van der Waals surface area (Å²) in [6.45, 7) is 2.63. The van der Waals surface area contributed by atoms with Crippen LogP contribution in [0.25, 0.3) is 0 Å². The number of hydrogen-bond donors (Lipinski definition) is 3. The SMILES string of the molecule is CN1C(=O)CCC(N2C(=O)c3ccc(NCC(=O)N4CCN(c5ccc(N(C(=O)NCc6ccccc6)C6CCC(Nc7ccc(C#N)cn7)CC6)cc5)CC4)cc3C2=O)C1=O. The average Bonchev–Trinajstić information content (AvgIpc) is 3.55. The minimum atomic E-state index is -1.04. The van der Waals surface area contributed by atoms with Crippen molar-refractivity contribution in [3.8, 4) is 6.07 Å². The van der Waals surface area contributed by atoms with Crippen molar-refractivity contribution in [3.05, 3.63) is 113 Å². The Hall–Kier alpha value is -7.28. The molecule has 3 fully saturated rings. The molecule has 0 spiro atoms. The Bertz CT molecular complexity index is 2390. The van der Waals surface area contributed by atoms with Crippen molar-refractivity contribution in [3.63, 3.8) is 0 Å². The molecule has 4 heterocycles. The molecule has 62 heavy (non-hydrogen) atoms. The number of rotatable bonds is 11. The van der Waals surface area contributed by atoms with Gasteiger partial charge in [-0.25, -0.2) is 9.78 Å². The largest absolute Gasteiger partial charge is 0.376 e. The first-order valence-electron chi connectivity index (χ1n) is 21.0. The van der Waals surface area contributed by atoms with E-state index in [2.05, 4.69) is 31.9 Å². The third-order valence-corrected chi connectivity index (χ3v) is 12.2. The van der Waals surface area contributed by atoms with E-state index in [0.29, 0.717) is 44.0 Å². The first-order chi connectivity index (χ1) is 30.1. The minimum absolute atomic E-state index is 0.0104. The molecule has 1 atom stereocenters. The van der Waals surface area contributed by atoms with E-state index in [1.807, 2.05) is 65.6 Å². The molecule has 3 N–H and O–H groups in total. The first-order valence-corrected chi connectivity index (χ1v) is 21.0. The van der Waals surface area contributed by atoms with Crippen LogP contribution >= 0.6 is 0 Å². The number of anilines is 4. The molecule has 318 valence electrons. The topological polar surface area (TPSA) is 191 Å². The zero-order valence-electron chi connectivity index (χ0n) is 34.5. The highest BCUT2D eigenvalue weighted by atomic mass is 16.2. The highest BCUT2D eigenvalue weighted by Crippen LogP contribution is 2.33. The second-order valence-electron chi connectivity index (χ2n) is 16.0. The van der Waals surface area contributed by atoms with Gasteiger partial charge in [-0.05, 0) is 92.3 Å². The van der Waals surface area contributed by atoms with Crippen LogP contribution in [-0.2, 0) is 20.9 Å². The molecule has 1 saturated carbocycles. The molecular weight excluding hydrogens is 789 g/mol. The van der Waals surface area contributed by atoms with Gasteiger partial charge in [-0.1, -0.05) is 30.3 Å². The molecule has 7 amide bonds. The highest BCUT2D eigenvalue weighted by Gasteiger charge is 2.46. The third kappa shape index (κ3) is 8.78. The Labute approximate surface area is 359 Å². The van der Waals surface area contributed by atoms with E-state index >= 15 is 0 Å². The third-order valence-electron chi connectivity index (χ3n) is 12.2. The maximum Gasteiger partial charge on any atom is 0.322 e. The fraction of sp³-hybridized carbons (Fsp3) is 0.348. The minimum Gasteiger partial charge on any atom is -0.376 e. The number of hydrogen-bond acceptors (Lipinski definition) is 11. The molecule has 8 rings (SSSR count). The Kier molecular flexibility index (Phi) is 12.1. The van der Waals surface area contributed by atoms with Crippen LogP contribution in [0, 0.1) is 11.3 Å². The number of nitrogens with one attached hydrogen (secondary N) is 3. The number of imide groups is 2. The van der Waals surface area contributed by atoms with E-state index in [9.17, 15) is 28.8 Å². The number of urea groups is 1. The average molecular weight is 837 g/mol. The number of benzene rings is 3. The molecule has 1 unspecified atom stereocenters. The summed E-state index contributed by atoms with van der Waals surface area (Å²) >= 11 is 0. The van der Waals surface area contributed by atoms with Crippen molar-refractivity contribution in [1.29, 1.82) is 5.26 Å². The molecule has 16 heteroatoms. The second-order valence-corrected chi connectivity index (χ2v) is 16.0. The lowest BCUT2D eigenvalue weighted by atomic mass is 9.90. The van der Waals surface area contributed by atoms with E-state index in [-0.39, 0.29) is 60.4 Å². The molecule has 0 bridgehead atoms. The van der Waals surface area contributed by atoms with E-state index in [1.54, 1.807) is 23.2 Å². The fourth-order valence-corrected chi connectivity index (χ4v) is 8.70. The van der Waals surface area contributed by atoms with E-state index < -0.39 is 23.8 Å². The second kappa shape index (κ2) is 18.1. The van der Waals surface area contributed by atoms with Gasteiger partial charge in [0.25, 0.3) is 17.7 Å².